The minimum Gasteiger partial charge on any atom is -0.315 e. The Morgan fingerprint density at radius 2 is 1.92 bits per heavy atom. The Balaban J connectivity index is 1.79. The summed E-state index contributed by atoms with van der Waals surface area (Å²) < 4.78 is 12.9. The first-order valence-corrected chi connectivity index (χ1v) is 5.45. The molecule has 2 heterocycles. The van der Waals surface area contributed by atoms with E-state index in [1.54, 1.807) is 0 Å². The number of halogens is 1. The summed E-state index contributed by atoms with van der Waals surface area (Å²) in [5.74, 6) is 0. The van der Waals surface area contributed by atoms with Gasteiger partial charge in [0.05, 0.1) is 0 Å². The molecule has 0 spiro atoms. The first kappa shape index (κ1) is 9.41. The molecule has 76 valence electrons. The Morgan fingerprint density at radius 3 is 2.54 bits per heavy atom. The molecule has 1 N–H and O–H groups in total. The largest absolute Gasteiger partial charge is 0.315 e. The zero-order chi connectivity index (χ0) is 9.10. The lowest BCUT2D eigenvalue weighted by Crippen LogP contribution is -2.49. The molecule has 0 radical (unpaired) electrons. The number of hydrogen-bond donors (Lipinski definition) is 1. The zero-order valence-corrected chi connectivity index (χ0v) is 8.14. The van der Waals surface area contributed by atoms with E-state index < -0.39 is 6.17 Å². The highest BCUT2D eigenvalue weighted by Crippen LogP contribution is 2.18. The molecule has 2 nitrogen and oxygen atoms in total. The van der Waals surface area contributed by atoms with E-state index >= 15 is 0 Å². The van der Waals surface area contributed by atoms with Crippen molar-refractivity contribution in [2.45, 2.75) is 37.9 Å². The smallest absolute Gasteiger partial charge is 0.103 e. The molecule has 0 aromatic carbocycles. The Hall–Kier alpha value is -0.150. The van der Waals surface area contributed by atoms with E-state index in [2.05, 4.69) is 10.2 Å². The number of piperidine rings is 2. The maximum atomic E-state index is 12.9. The maximum absolute atomic E-state index is 12.9. The van der Waals surface area contributed by atoms with Crippen molar-refractivity contribution in [3.8, 4) is 0 Å². The van der Waals surface area contributed by atoms with E-state index in [4.69, 9.17) is 0 Å². The van der Waals surface area contributed by atoms with Crippen molar-refractivity contribution < 1.29 is 4.39 Å². The van der Waals surface area contributed by atoms with E-state index in [0.29, 0.717) is 6.04 Å². The molecule has 1 atom stereocenters. The first-order valence-electron chi connectivity index (χ1n) is 5.45. The van der Waals surface area contributed by atoms with Crippen molar-refractivity contribution in [2.75, 3.05) is 26.2 Å². The standard InChI is InChI=1S/C10H19FN2/c11-9-3-6-13(7-4-9)10-2-1-5-12-8-10/h9-10,12H,1-8H2/t10-/m0/s1. The fraction of sp³-hybridized carbons (Fsp3) is 1.00. The van der Waals surface area contributed by atoms with Crippen LogP contribution in [0.25, 0.3) is 0 Å². The molecule has 2 rings (SSSR count). The van der Waals surface area contributed by atoms with Crippen LogP contribution in [0.3, 0.4) is 0 Å². The summed E-state index contributed by atoms with van der Waals surface area (Å²) in [5, 5.41) is 3.41. The van der Waals surface area contributed by atoms with E-state index in [0.717, 1.165) is 39.0 Å². The van der Waals surface area contributed by atoms with Crippen LogP contribution in [0.5, 0.6) is 0 Å². The summed E-state index contributed by atoms with van der Waals surface area (Å²) in [5.41, 5.74) is 0. The Kier molecular flexibility index (Phi) is 3.17. The quantitative estimate of drug-likeness (QED) is 0.661. The minimum absolute atomic E-state index is 0.534. The SMILES string of the molecule is FC1CCN([C@H]2CCCNC2)CC1. The topological polar surface area (TPSA) is 15.3 Å². The molecule has 2 fully saturated rings. The molecule has 0 unspecified atom stereocenters. The third-order valence-corrected chi connectivity index (χ3v) is 3.25. The summed E-state index contributed by atoms with van der Waals surface area (Å²) in [7, 11) is 0. The first-order chi connectivity index (χ1) is 6.36. The Bertz CT molecular complexity index is 149. The van der Waals surface area contributed by atoms with E-state index in [9.17, 15) is 4.39 Å². The van der Waals surface area contributed by atoms with Crippen LogP contribution < -0.4 is 5.32 Å². The van der Waals surface area contributed by atoms with Crippen molar-refractivity contribution in [1.29, 1.82) is 0 Å². The van der Waals surface area contributed by atoms with Gasteiger partial charge < -0.3 is 5.32 Å². The van der Waals surface area contributed by atoms with Crippen molar-refractivity contribution >= 4 is 0 Å². The highest BCUT2D eigenvalue weighted by molar-refractivity contribution is 4.82. The number of rotatable bonds is 1. The molecule has 2 saturated heterocycles. The van der Waals surface area contributed by atoms with Gasteiger partial charge >= 0.3 is 0 Å². The van der Waals surface area contributed by atoms with Gasteiger partial charge in [0.2, 0.25) is 0 Å². The van der Waals surface area contributed by atoms with Crippen LogP contribution in [0, 0.1) is 0 Å². The molecular weight excluding hydrogens is 167 g/mol. The number of nitrogens with one attached hydrogen (secondary N) is 1. The summed E-state index contributed by atoms with van der Waals surface area (Å²) in [6.45, 7) is 4.20. The van der Waals surface area contributed by atoms with Crippen LogP contribution in [0.1, 0.15) is 25.7 Å². The molecule has 2 aliphatic heterocycles. The van der Waals surface area contributed by atoms with E-state index in [1.165, 1.54) is 12.8 Å². The maximum Gasteiger partial charge on any atom is 0.103 e. The number of nitrogens with zero attached hydrogens (tertiary/aromatic N) is 1. The molecule has 0 aromatic heterocycles. The lowest BCUT2D eigenvalue weighted by molar-refractivity contribution is 0.0973. The van der Waals surface area contributed by atoms with Crippen LogP contribution in [0.2, 0.25) is 0 Å². The third kappa shape index (κ3) is 2.41. The monoisotopic (exact) mass is 186 g/mol. The minimum atomic E-state index is -0.534. The second kappa shape index (κ2) is 4.38. The molecule has 0 bridgehead atoms. The van der Waals surface area contributed by atoms with Crippen LogP contribution in [0.4, 0.5) is 4.39 Å². The van der Waals surface area contributed by atoms with Gasteiger partial charge in [0.15, 0.2) is 0 Å². The fourth-order valence-corrected chi connectivity index (χ4v) is 2.38. The lowest BCUT2D eigenvalue weighted by atomic mass is 10.0. The highest BCUT2D eigenvalue weighted by atomic mass is 19.1. The van der Waals surface area contributed by atoms with Crippen molar-refractivity contribution in [2.24, 2.45) is 0 Å². The van der Waals surface area contributed by atoms with Gasteiger partial charge in [-0.3, -0.25) is 4.90 Å². The molecule has 0 aromatic rings. The van der Waals surface area contributed by atoms with Crippen LogP contribution in [0.15, 0.2) is 0 Å². The second-order valence-electron chi connectivity index (χ2n) is 4.21. The van der Waals surface area contributed by atoms with Crippen molar-refractivity contribution in [1.82, 2.24) is 10.2 Å². The van der Waals surface area contributed by atoms with Gasteiger partial charge in [-0.15, -0.1) is 0 Å². The van der Waals surface area contributed by atoms with Gasteiger partial charge in [0.1, 0.15) is 6.17 Å². The lowest BCUT2D eigenvalue weighted by Gasteiger charge is -2.37. The van der Waals surface area contributed by atoms with Gasteiger partial charge in [0, 0.05) is 25.7 Å². The van der Waals surface area contributed by atoms with E-state index in [-0.39, 0.29) is 0 Å². The van der Waals surface area contributed by atoms with Gasteiger partial charge in [-0.05, 0) is 32.2 Å². The van der Waals surface area contributed by atoms with Gasteiger partial charge in [-0.1, -0.05) is 0 Å². The Labute approximate surface area is 79.5 Å². The summed E-state index contributed by atoms with van der Waals surface area (Å²) in [4.78, 5) is 2.46. The van der Waals surface area contributed by atoms with Gasteiger partial charge in [-0.2, -0.15) is 0 Å². The van der Waals surface area contributed by atoms with Crippen LogP contribution >= 0.6 is 0 Å². The third-order valence-electron chi connectivity index (χ3n) is 3.25. The normalized spacial score (nSPS) is 33.5. The predicted molar refractivity (Wildman–Crippen MR) is 51.6 cm³/mol. The predicted octanol–water partition coefficient (Wildman–Crippen LogP) is 1.17. The average molecular weight is 186 g/mol. The fourth-order valence-electron chi connectivity index (χ4n) is 2.38. The van der Waals surface area contributed by atoms with E-state index in [1.807, 2.05) is 0 Å². The second-order valence-corrected chi connectivity index (χ2v) is 4.21. The van der Waals surface area contributed by atoms with Crippen LogP contribution in [-0.4, -0.2) is 43.3 Å². The molecular formula is C10H19FN2. The van der Waals surface area contributed by atoms with Crippen molar-refractivity contribution in [3.63, 3.8) is 0 Å². The molecule has 2 aliphatic rings. The van der Waals surface area contributed by atoms with Gasteiger partial charge in [0.25, 0.3) is 0 Å². The summed E-state index contributed by atoms with van der Waals surface area (Å²) in [6, 6.07) is 0.682. The van der Waals surface area contributed by atoms with Gasteiger partial charge in [-0.25, -0.2) is 4.39 Å². The number of likely N-dealkylation sites (tertiary alicyclic amines) is 1. The summed E-state index contributed by atoms with van der Waals surface area (Å²) >= 11 is 0. The zero-order valence-electron chi connectivity index (χ0n) is 8.14. The molecule has 13 heavy (non-hydrogen) atoms. The highest BCUT2D eigenvalue weighted by Gasteiger charge is 2.25. The van der Waals surface area contributed by atoms with Crippen LogP contribution in [-0.2, 0) is 0 Å². The number of alkyl halides is 1. The van der Waals surface area contributed by atoms with Crippen molar-refractivity contribution in [3.05, 3.63) is 0 Å². The molecule has 0 aliphatic carbocycles. The number of hydrogen-bond acceptors (Lipinski definition) is 2. The molecule has 0 saturated carbocycles. The molecule has 3 heteroatoms. The molecule has 0 amide bonds. The average Bonchev–Trinajstić information content (AvgIpc) is 2.20. The Morgan fingerprint density at radius 1 is 1.15 bits per heavy atom. The summed E-state index contributed by atoms with van der Waals surface area (Å²) in [6.07, 6.45) is 3.53.